The van der Waals surface area contributed by atoms with Gasteiger partial charge < -0.3 is 14.8 Å². The summed E-state index contributed by atoms with van der Waals surface area (Å²) in [5.74, 6) is -0.171. The highest BCUT2D eigenvalue weighted by atomic mass is 16.5. The number of nitrogens with zero attached hydrogens (tertiary/aromatic N) is 1. The van der Waals surface area contributed by atoms with Crippen LogP contribution in [0.3, 0.4) is 0 Å². The first kappa shape index (κ1) is 12.5. The Morgan fingerprint density at radius 1 is 1.45 bits per heavy atom. The smallest absolute Gasteiger partial charge is 0.292 e. The number of phenolic OH excluding ortho intramolecular Hbond substituents is 1. The quantitative estimate of drug-likeness (QED) is 0.774. The summed E-state index contributed by atoms with van der Waals surface area (Å²) >= 11 is 0. The molecule has 1 aromatic carbocycles. The molecule has 2 aromatic rings. The maximum absolute atomic E-state index is 11.9. The summed E-state index contributed by atoms with van der Waals surface area (Å²) in [6.45, 7) is 1.91. The number of aliphatic imine (C=N–C) groups is 1. The van der Waals surface area contributed by atoms with Crippen LogP contribution in [0.25, 0.3) is 10.9 Å². The van der Waals surface area contributed by atoms with Crippen LogP contribution < -0.4 is 5.32 Å². The molecule has 0 radical (unpaired) electrons. The molecule has 1 aromatic heterocycles. The average molecular weight is 273 g/mol. The van der Waals surface area contributed by atoms with Crippen LogP contribution in [0.4, 0.5) is 0 Å². The third-order valence-corrected chi connectivity index (χ3v) is 3.57. The van der Waals surface area contributed by atoms with Crippen molar-refractivity contribution in [2.24, 2.45) is 4.99 Å². The molecule has 0 spiro atoms. The standard InChI is InChI=1S/C14H15N3O3/c1-7(12-13(19)17-14(15-2)20-12)10-6-16-11-4-3-8(18)5-9(10)11/h3-7,12,16,18H,1-2H3,(H,15,17,19)/t7-,12+/m1/s1. The highest BCUT2D eigenvalue weighted by molar-refractivity contribution is 6.02. The van der Waals surface area contributed by atoms with Gasteiger partial charge in [0.2, 0.25) is 0 Å². The Bertz CT molecular complexity index is 705. The van der Waals surface area contributed by atoms with E-state index in [0.29, 0.717) is 0 Å². The highest BCUT2D eigenvalue weighted by Gasteiger charge is 2.36. The molecular weight excluding hydrogens is 258 g/mol. The van der Waals surface area contributed by atoms with Crippen LogP contribution in [0.1, 0.15) is 18.4 Å². The summed E-state index contributed by atoms with van der Waals surface area (Å²) in [5.41, 5.74) is 1.83. The second-order valence-corrected chi connectivity index (χ2v) is 4.82. The molecule has 0 aliphatic carbocycles. The summed E-state index contributed by atoms with van der Waals surface area (Å²) in [5, 5.41) is 13.1. The van der Waals surface area contributed by atoms with E-state index < -0.39 is 6.10 Å². The molecule has 1 amide bonds. The number of amides is 1. The normalized spacial score (nSPS) is 22.0. The molecule has 1 saturated heterocycles. The minimum atomic E-state index is -0.616. The predicted molar refractivity (Wildman–Crippen MR) is 74.8 cm³/mol. The van der Waals surface area contributed by atoms with Gasteiger partial charge in [-0.05, 0) is 23.8 Å². The van der Waals surface area contributed by atoms with Gasteiger partial charge in [-0.25, -0.2) is 4.99 Å². The molecule has 0 bridgehead atoms. The van der Waals surface area contributed by atoms with Crippen molar-refractivity contribution >= 4 is 22.8 Å². The molecule has 20 heavy (non-hydrogen) atoms. The lowest BCUT2D eigenvalue weighted by Crippen LogP contribution is -2.28. The number of benzene rings is 1. The van der Waals surface area contributed by atoms with Crippen molar-refractivity contribution in [2.45, 2.75) is 18.9 Å². The van der Waals surface area contributed by atoms with Crippen LogP contribution in [-0.4, -0.2) is 35.2 Å². The van der Waals surface area contributed by atoms with E-state index in [1.165, 1.54) is 0 Å². The number of H-pyrrole nitrogens is 1. The van der Waals surface area contributed by atoms with Crippen LogP contribution >= 0.6 is 0 Å². The number of nitrogens with one attached hydrogen (secondary N) is 2. The largest absolute Gasteiger partial charge is 0.508 e. The summed E-state index contributed by atoms with van der Waals surface area (Å²) < 4.78 is 5.50. The number of hydrogen-bond acceptors (Lipinski definition) is 4. The molecule has 104 valence electrons. The Morgan fingerprint density at radius 3 is 2.95 bits per heavy atom. The summed E-state index contributed by atoms with van der Waals surface area (Å²) in [4.78, 5) is 18.9. The van der Waals surface area contributed by atoms with E-state index in [-0.39, 0.29) is 23.6 Å². The molecule has 6 heteroatoms. The van der Waals surface area contributed by atoms with Crippen LogP contribution in [0, 0.1) is 0 Å². The van der Waals surface area contributed by atoms with Crippen molar-refractivity contribution in [3.05, 3.63) is 30.0 Å². The minimum absolute atomic E-state index is 0.162. The Kier molecular flexibility index (Phi) is 2.85. The van der Waals surface area contributed by atoms with Gasteiger partial charge in [0.05, 0.1) is 0 Å². The van der Waals surface area contributed by atoms with Gasteiger partial charge in [0, 0.05) is 30.1 Å². The lowest BCUT2D eigenvalue weighted by atomic mass is 9.94. The van der Waals surface area contributed by atoms with Crippen molar-refractivity contribution in [3.8, 4) is 5.75 Å². The van der Waals surface area contributed by atoms with Gasteiger partial charge in [-0.3, -0.25) is 10.1 Å². The first-order valence-electron chi connectivity index (χ1n) is 6.34. The second-order valence-electron chi connectivity index (χ2n) is 4.82. The number of ether oxygens (including phenoxy) is 1. The fourth-order valence-corrected chi connectivity index (χ4v) is 2.49. The Labute approximate surface area is 115 Å². The number of aromatic amines is 1. The maximum Gasteiger partial charge on any atom is 0.292 e. The Hall–Kier alpha value is -2.50. The van der Waals surface area contributed by atoms with Crippen LogP contribution in [0.5, 0.6) is 5.75 Å². The van der Waals surface area contributed by atoms with Crippen LogP contribution in [0.2, 0.25) is 0 Å². The van der Waals surface area contributed by atoms with E-state index in [1.54, 1.807) is 25.2 Å². The first-order chi connectivity index (χ1) is 9.60. The number of carbonyl (C=O) groups excluding carboxylic acids is 1. The molecule has 0 unspecified atom stereocenters. The van der Waals surface area contributed by atoms with Gasteiger partial charge in [0.1, 0.15) is 5.75 Å². The molecule has 2 atom stereocenters. The van der Waals surface area contributed by atoms with Crippen LogP contribution in [-0.2, 0) is 9.53 Å². The van der Waals surface area contributed by atoms with Crippen molar-refractivity contribution in [1.82, 2.24) is 10.3 Å². The zero-order valence-corrected chi connectivity index (χ0v) is 11.2. The number of aromatic nitrogens is 1. The molecule has 1 aliphatic heterocycles. The molecular formula is C14H15N3O3. The number of phenols is 1. The Morgan fingerprint density at radius 2 is 2.25 bits per heavy atom. The third kappa shape index (κ3) is 1.89. The van der Waals surface area contributed by atoms with Gasteiger partial charge >= 0.3 is 0 Å². The van der Waals surface area contributed by atoms with Crippen molar-refractivity contribution in [1.29, 1.82) is 0 Å². The molecule has 1 aliphatic rings. The molecule has 1 fully saturated rings. The molecule has 0 saturated carbocycles. The molecule has 2 heterocycles. The van der Waals surface area contributed by atoms with Gasteiger partial charge in [-0.2, -0.15) is 0 Å². The van der Waals surface area contributed by atoms with Crippen molar-refractivity contribution in [3.63, 3.8) is 0 Å². The van der Waals surface area contributed by atoms with E-state index in [2.05, 4.69) is 15.3 Å². The zero-order valence-electron chi connectivity index (χ0n) is 11.2. The van der Waals surface area contributed by atoms with Gasteiger partial charge in [0.15, 0.2) is 6.10 Å². The lowest BCUT2D eigenvalue weighted by molar-refractivity contribution is -0.124. The van der Waals surface area contributed by atoms with E-state index in [1.807, 2.05) is 13.1 Å². The summed E-state index contributed by atoms with van der Waals surface area (Å²) in [6, 6.07) is 5.34. The highest BCUT2D eigenvalue weighted by Crippen LogP contribution is 2.32. The number of aromatic hydroxyl groups is 1. The molecule has 3 rings (SSSR count). The molecule has 3 N–H and O–H groups in total. The summed E-state index contributed by atoms with van der Waals surface area (Å²) in [7, 11) is 1.56. The lowest BCUT2D eigenvalue weighted by Gasteiger charge is -2.15. The average Bonchev–Trinajstić information content (AvgIpc) is 3.01. The van der Waals surface area contributed by atoms with E-state index >= 15 is 0 Å². The van der Waals surface area contributed by atoms with E-state index in [9.17, 15) is 9.90 Å². The van der Waals surface area contributed by atoms with E-state index in [4.69, 9.17) is 4.74 Å². The minimum Gasteiger partial charge on any atom is -0.508 e. The number of fused-ring (bicyclic) bond motifs is 1. The topological polar surface area (TPSA) is 86.7 Å². The predicted octanol–water partition coefficient (Wildman–Crippen LogP) is 1.48. The summed E-state index contributed by atoms with van der Waals surface area (Å²) in [6.07, 6.45) is 1.22. The van der Waals surface area contributed by atoms with Gasteiger partial charge in [0.25, 0.3) is 11.9 Å². The van der Waals surface area contributed by atoms with E-state index in [0.717, 1.165) is 16.5 Å². The maximum atomic E-state index is 11.9. The fraction of sp³-hybridized carbons (Fsp3) is 0.286. The fourth-order valence-electron chi connectivity index (χ4n) is 2.49. The van der Waals surface area contributed by atoms with Gasteiger partial charge in [-0.1, -0.05) is 6.92 Å². The van der Waals surface area contributed by atoms with Gasteiger partial charge in [-0.15, -0.1) is 0 Å². The monoisotopic (exact) mass is 273 g/mol. The second kappa shape index (κ2) is 4.56. The first-order valence-corrected chi connectivity index (χ1v) is 6.34. The van der Waals surface area contributed by atoms with Crippen molar-refractivity contribution < 1.29 is 14.6 Å². The SMILES string of the molecule is CN=C1NC(=O)[C@H]([C@H](C)c2c[nH]c3ccc(O)cc23)O1. The third-order valence-electron chi connectivity index (χ3n) is 3.57. The number of hydrogen-bond donors (Lipinski definition) is 3. The van der Waals surface area contributed by atoms with Crippen molar-refractivity contribution in [2.75, 3.05) is 7.05 Å². The number of amidine groups is 1. The zero-order chi connectivity index (χ0) is 14.3. The number of rotatable bonds is 2. The molecule has 6 nitrogen and oxygen atoms in total. The van der Waals surface area contributed by atoms with Crippen LogP contribution in [0.15, 0.2) is 29.4 Å². The number of carbonyl (C=O) groups is 1. The Balaban J connectivity index is 1.99.